The number of rotatable bonds is 12. The van der Waals surface area contributed by atoms with E-state index >= 15 is 0 Å². The molecular formula is C19H36N4O5S. The molecule has 168 valence electrons. The third-order valence-electron chi connectivity index (χ3n) is 4.86. The summed E-state index contributed by atoms with van der Waals surface area (Å²) in [4.78, 5) is 49.0. The molecule has 0 bridgehead atoms. The van der Waals surface area contributed by atoms with Crippen molar-refractivity contribution in [2.24, 2.45) is 23.5 Å². The second-order valence-corrected chi connectivity index (χ2v) is 8.32. The lowest BCUT2D eigenvalue weighted by molar-refractivity contribution is -0.142. The third-order valence-corrected chi connectivity index (χ3v) is 5.22. The molecule has 0 aliphatic heterocycles. The molecule has 0 aliphatic rings. The smallest absolute Gasteiger partial charge is 0.327 e. The predicted molar refractivity (Wildman–Crippen MR) is 114 cm³/mol. The van der Waals surface area contributed by atoms with Crippen LogP contribution in [0.15, 0.2) is 0 Å². The van der Waals surface area contributed by atoms with Gasteiger partial charge in [0.25, 0.3) is 0 Å². The fourth-order valence-corrected chi connectivity index (χ4v) is 2.73. The standard InChI is InChI=1S/C19H36N4O5S/c1-7-11(6)15(23-16(24)13(20)9(2)3)18(26)22-14(10(4)5)17(25)21-12(8-29)19(27)28/h9-15,29H,7-8,20H2,1-6H3,(H,21,25)(H,22,26)(H,23,24)(H,27,28). The Morgan fingerprint density at radius 3 is 1.72 bits per heavy atom. The van der Waals surface area contributed by atoms with Gasteiger partial charge < -0.3 is 26.8 Å². The zero-order valence-electron chi connectivity index (χ0n) is 18.1. The van der Waals surface area contributed by atoms with E-state index < -0.39 is 47.9 Å². The molecule has 0 aromatic rings. The summed E-state index contributed by atoms with van der Waals surface area (Å²) in [6.45, 7) is 10.8. The van der Waals surface area contributed by atoms with Crippen molar-refractivity contribution in [3.05, 3.63) is 0 Å². The molecule has 0 heterocycles. The van der Waals surface area contributed by atoms with E-state index in [1.165, 1.54) is 0 Å². The maximum absolute atomic E-state index is 12.9. The van der Waals surface area contributed by atoms with Crippen molar-refractivity contribution in [1.29, 1.82) is 0 Å². The van der Waals surface area contributed by atoms with Crippen LogP contribution in [0, 0.1) is 17.8 Å². The molecule has 0 aromatic heterocycles. The first-order valence-electron chi connectivity index (χ1n) is 9.87. The molecule has 6 N–H and O–H groups in total. The van der Waals surface area contributed by atoms with Gasteiger partial charge in [-0.15, -0.1) is 0 Å². The Bertz CT molecular complexity index is 585. The van der Waals surface area contributed by atoms with Gasteiger partial charge in [0.1, 0.15) is 18.1 Å². The number of thiol groups is 1. The topological polar surface area (TPSA) is 151 Å². The van der Waals surface area contributed by atoms with E-state index in [0.29, 0.717) is 6.42 Å². The Kier molecular flexibility index (Phi) is 11.9. The van der Waals surface area contributed by atoms with Crippen LogP contribution >= 0.6 is 12.6 Å². The van der Waals surface area contributed by atoms with Crippen molar-refractivity contribution in [3.63, 3.8) is 0 Å². The molecule has 29 heavy (non-hydrogen) atoms. The molecule has 10 heteroatoms. The zero-order valence-corrected chi connectivity index (χ0v) is 19.0. The highest BCUT2D eigenvalue weighted by Gasteiger charge is 2.33. The van der Waals surface area contributed by atoms with Gasteiger partial charge in [-0.05, 0) is 17.8 Å². The molecule has 0 saturated carbocycles. The minimum Gasteiger partial charge on any atom is -0.480 e. The molecule has 3 amide bonds. The quantitative estimate of drug-likeness (QED) is 0.241. The van der Waals surface area contributed by atoms with Gasteiger partial charge >= 0.3 is 5.97 Å². The molecule has 0 aromatic carbocycles. The summed E-state index contributed by atoms with van der Waals surface area (Å²) < 4.78 is 0. The average Bonchev–Trinajstić information content (AvgIpc) is 2.65. The minimum absolute atomic E-state index is 0.0848. The molecule has 0 radical (unpaired) electrons. The average molecular weight is 433 g/mol. The number of aliphatic carboxylic acids is 1. The van der Waals surface area contributed by atoms with Crippen molar-refractivity contribution in [1.82, 2.24) is 16.0 Å². The van der Waals surface area contributed by atoms with Crippen molar-refractivity contribution in [2.45, 2.75) is 72.1 Å². The van der Waals surface area contributed by atoms with Crippen LogP contribution in [-0.2, 0) is 19.2 Å². The van der Waals surface area contributed by atoms with Crippen LogP contribution in [0.25, 0.3) is 0 Å². The predicted octanol–water partition coefficient (Wildman–Crippen LogP) is 0.141. The molecule has 0 saturated heterocycles. The van der Waals surface area contributed by atoms with Crippen molar-refractivity contribution < 1.29 is 24.3 Å². The van der Waals surface area contributed by atoms with E-state index in [1.54, 1.807) is 13.8 Å². The van der Waals surface area contributed by atoms with E-state index in [4.69, 9.17) is 10.8 Å². The van der Waals surface area contributed by atoms with Gasteiger partial charge in [-0.25, -0.2) is 4.79 Å². The zero-order chi connectivity index (χ0) is 22.9. The van der Waals surface area contributed by atoms with Gasteiger partial charge in [-0.2, -0.15) is 12.6 Å². The molecule has 5 unspecified atom stereocenters. The van der Waals surface area contributed by atoms with Crippen LogP contribution in [0.2, 0.25) is 0 Å². The first kappa shape index (κ1) is 27.2. The van der Waals surface area contributed by atoms with E-state index in [2.05, 4.69) is 28.6 Å². The van der Waals surface area contributed by atoms with Gasteiger partial charge in [0.2, 0.25) is 17.7 Å². The molecule has 0 fully saturated rings. The van der Waals surface area contributed by atoms with Gasteiger partial charge in [0, 0.05) is 5.75 Å². The minimum atomic E-state index is -1.21. The molecule has 0 rings (SSSR count). The Balaban J connectivity index is 5.41. The second kappa shape index (κ2) is 12.7. The number of carboxylic acid groups (broad SMARTS) is 1. The summed E-state index contributed by atoms with van der Waals surface area (Å²) in [5, 5.41) is 16.8. The fraction of sp³-hybridized carbons (Fsp3) is 0.789. The first-order valence-corrected chi connectivity index (χ1v) is 10.5. The summed E-state index contributed by atoms with van der Waals surface area (Å²) in [5.41, 5.74) is 5.88. The van der Waals surface area contributed by atoms with E-state index in [-0.39, 0.29) is 23.5 Å². The van der Waals surface area contributed by atoms with Crippen LogP contribution < -0.4 is 21.7 Å². The maximum Gasteiger partial charge on any atom is 0.327 e. The molecule has 0 spiro atoms. The van der Waals surface area contributed by atoms with Gasteiger partial charge in [0.05, 0.1) is 6.04 Å². The fourth-order valence-electron chi connectivity index (χ4n) is 2.48. The highest BCUT2D eigenvalue weighted by atomic mass is 32.1. The number of hydrogen-bond donors (Lipinski definition) is 6. The Morgan fingerprint density at radius 1 is 0.862 bits per heavy atom. The van der Waals surface area contributed by atoms with Crippen molar-refractivity contribution in [3.8, 4) is 0 Å². The summed E-state index contributed by atoms with van der Waals surface area (Å²) in [6.07, 6.45) is 0.620. The maximum atomic E-state index is 12.9. The lowest BCUT2D eigenvalue weighted by atomic mass is 9.95. The van der Waals surface area contributed by atoms with Gasteiger partial charge in [0.15, 0.2) is 0 Å². The Morgan fingerprint density at radius 2 is 1.34 bits per heavy atom. The third kappa shape index (κ3) is 8.61. The number of carbonyl (C=O) groups excluding carboxylic acids is 3. The summed E-state index contributed by atoms with van der Waals surface area (Å²) in [7, 11) is 0. The molecule has 9 nitrogen and oxygen atoms in total. The van der Waals surface area contributed by atoms with Gasteiger partial charge in [-0.1, -0.05) is 48.0 Å². The number of nitrogens with two attached hydrogens (primary N) is 1. The van der Waals surface area contributed by atoms with Crippen molar-refractivity contribution in [2.75, 3.05) is 5.75 Å². The number of amides is 3. The number of nitrogens with one attached hydrogen (secondary N) is 3. The highest BCUT2D eigenvalue weighted by Crippen LogP contribution is 2.11. The number of carboxylic acids is 1. The largest absolute Gasteiger partial charge is 0.480 e. The summed E-state index contributed by atoms with van der Waals surface area (Å²) in [6, 6.07) is -3.76. The van der Waals surface area contributed by atoms with E-state index in [0.717, 1.165) is 0 Å². The van der Waals surface area contributed by atoms with Crippen molar-refractivity contribution >= 4 is 36.3 Å². The number of carbonyl (C=O) groups is 4. The monoisotopic (exact) mass is 432 g/mol. The SMILES string of the molecule is CCC(C)C(NC(=O)C(N)C(C)C)C(=O)NC(C(=O)NC(CS)C(=O)O)C(C)C. The lowest BCUT2D eigenvalue weighted by Gasteiger charge is -2.29. The molecule has 0 aliphatic carbocycles. The summed E-state index contributed by atoms with van der Waals surface area (Å²) >= 11 is 3.92. The molecular weight excluding hydrogens is 396 g/mol. The van der Waals surface area contributed by atoms with Crippen LogP contribution in [-0.4, -0.2) is 58.7 Å². The van der Waals surface area contributed by atoms with E-state index in [9.17, 15) is 19.2 Å². The highest BCUT2D eigenvalue weighted by molar-refractivity contribution is 7.80. The summed E-state index contributed by atoms with van der Waals surface area (Å²) in [5.74, 6) is -3.48. The van der Waals surface area contributed by atoms with Crippen LogP contribution in [0.5, 0.6) is 0 Å². The van der Waals surface area contributed by atoms with Crippen LogP contribution in [0.3, 0.4) is 0 Å². The van der Waals surface area contributed by atoms with Crippen LogP contribution in [0.4, 0.5) is 0 Å². The Hall–Kier alpha value is -1.81. The lowest BCUT2D eigenvalue weighted by Crippen LogP contribution is -2.60. The number of hydrogen-bond acceptors (Lipinski definition) is 6. The molecule has 5 atom stereocenters. The van der Waals surface area contributed by atoms with E-state index in [1.807, 2.05) is 27.7 Å². The van der Waals surface area contributed by atoms with Gasteiger partial charge in [-0.3, -0.25) is 14.4 Å². The normalized spacial score (nSPS) is 16.5. The van der Waals surface area contributed by atoms with Crippen LogP contribution in [0.1, 0.15) is 48.0 Å². The first-order chi connectivity index (χ1) is 13.4. The Labute approximate surface area is 178 Å². The second-order valence-electron chi connectivity index (χ2n) is 7.95.